The zero-order valence-electron chi connectivity index (χ0n) is 12.3. The van der Waals surface area contributed by atoms with Crippen LogP contribution in [0.5, 0.6) is 0 Å². The molecule has 0 radical (unpaired) electrons. The average molecular weight is 296 g/mol. The minimum absolute atomic E-state index is 0.569. The predicted octanol–water partition coefficient (Wildman–Crippen LogP) is 1.79. The average Bonchev–Trinajstić information content (AvgIpc) is 2.52. The molecule has 1 aromatic carbocycles. The van der Waals surface area contributed by atoms with Crippen LogP contribution < -0.4 is 10.7 Å². The number of nitrogens with zero attached hydrogens (tertiary/aromatic N) is 2. The number of hydrazone groups is 1. The second kappa shape index (κ2) is 7.12. The Morgan fingerprint density at radius 3 is 2.64 bits per heavy atom. The minimum Gasteiger partial charge on any atom is -0.318 e. The number of carbonyl (C=O) groups excluding carboxylic acids is 2. The largest absolute Gasteiger partial charge is 0.329 e. The van der Waals surface area contributed by atoms with Crippen molar-refractivity contribution in [3.05, 3.63) is 59.4 Å². The van der Waals surface area contributed by atoms with Crippen molar-refractivity contribution >= 4 is 23.7 Å². The number of anilines is 1. The van der Waals surface area contributed by atoms with E-state index < -0.39 is 11.8 Å². The number of hydrogen-bond acceptors (Lipinski definition) is 4. The summed E-state index contributed by atoms with van der Waals surface area (Å²) in [6, 6.07) is 8.95. The molecule has 0 aliphatic rings. The van der Waals surface area contributed by atoms with Gasteiger partial charge in [-0.1, -0.05) is 12.1 Å². The van der Waals surface area contributed by atoms with E-state index in [9.17, 15) is 9.59 Å². The van der Waals surface area contributed by atoms with Crippen LogP contribution in [-0.4, -0.2) is 23.0 Å². The first-order chi connectivity index (χ1) is 10.6. The number of hydrogen-bond donors (Lipinski definition) is 2. The normalized spacial score (nSPS) is 10.5. The zero-order chi connectivity index (χ0) is 15.9. The lowest BCUT2D eigenvalue weighted by atomic mass is 10.1. The van der Waals surface area contributed by atoms with E-state index >= 15 is 0 Å². The maximum atomic E-state index is 11.7. The van der Waals surface area contributed by atoms with Crippen LogP contribution in [0.3, 0.4) is 0 Å². The summed E-state index contributed by atoms with van der Waals surface area (Å²) in [5.41, 5.74) is 5.61. The fourth-order valence-corrected chi connectivity index (χ4v) is 1.68. The molecule has 2 N–H and O–H groups in total. The monoisotopic (exact) mass is 296 g/mol. The number of rotatable bonds is 3. The summed E-state index contributed by atoms with van der Waals surface area (Å²) in [6.45, 7) is 3.91. The van der Waals surface area contributed by atoms with E-state index in [-0.39, 0.29) is 0 Å². The molecule has 0 fully saturated rings. The van der Waals surface area contributed by atoms with Crippen LogP contribution in [-0.2, 0) is 9.59 Å². The Hall–Kier alpha value is -3.02. The smallest absolute Gasteiger partial charge is 0.318 e. The molecule has 6 nitrogen and oxygen atoms in total. The lowest BCUT2D eigenvalue weighted by Crippen LogP contribution is -2.32. The molecule has 0 aliphatic heterocycles. The van der Waals surface area contributed by atoms with Crippen molar-refractivity contribution in [1.82, 2.24) is 10.4 Å². The predicted molar refractivity (Wildman–Crippen MR) is 84.5 cm³/mol. The zero-order valence-corrected chi connectivity index (χ0v) is 12.3. The quantitative estimate of drug-likeness (QED) is 0.514. The van der Waals surface area contributed by atoms with Crippen LogP contribution in [0.25, 0.3) is 0 Å². The van der Waals surface area contributed by atoms with E-state index in [1.54, 1.807) is 36.7 Å². The molecule has 6 heteroatoms. The van der Waals surface area contributed by atoms with Gasteiger partial charge in [-0.15, -0.1) is 0 Å². The van der Waals surface area contributed by atoms with Crippen LogP contribution in [0.1, 0.15) is 16.7 Å². The Balaban J connectivity index is 1.90. The number of aryl methyl sites for hydroxylation is 2. The molecule has 1 aromatic heterocycles. The molecule has 0 spiro atoms. The van der Waals surface area contributed by atoms with E-state index in [1.165, 1.54) is 6.21 Å². The van der Waals surface area contributed by atoms with Gasteiger partial charge in [0.2, 0.25) is 0 Å². The number of aromatic nitrogens is 1. The number of nitrogens with one attached hydrogen (secondary N) is 2. The van der Waals surface area contributed by atoms with Crippen LogP contribution in [0, 0.1) is 13.8 Å². The summed E-state index contributed by atoms with van der Waals surface area (Å²) < 4.78 is 0. The fourth-order valence-electron chi connectivity index (χ4n) is 1.68. The van der Waals surface area contributed by atoms with E-state index in [2.05, 4.69) is 20.8 Å². The highest BCUT2D eigenvalue weighted by Crippen LogP contribution is 2.13. The van der Waals surface area contributed by atoms with E-state index in [0.29, 0.717) is 5.69 Å². The standard InChI is InChI=1S/C16H16N4O2/c1-11-5-6-14(8-12(11)2)19-15(21)16(22)20-18-10-13-4-3-7-17-9-13/h3-10H,1-2H3,(H,19,21)(H,20,22)/b18-10+. The molecular weight excluding hydrogens is 280 g/mol. The molecule has 0 bridgehead atoms. The van der Waals surface area contributed by atoms with Crippen molar-refractivity contribution in [1.29, 1.82) is 0 Å². The Labute approximate surface area is 128 Å². The summed E-state index contributed by atoms with van der Waals surface area (Å²) in [7, 11) is 0. The summed E-state index contributed by atoms with van der Waals surface area (Å²) in [4.78, 5) is 27.3. The van der Waals surface area contributed by atoms with Crippen molar-refractivity contribution in [3.63, 3.8) is 0 Å². The van der Waals surface area contributed by atoms with Crippen LogP contribution in [0.15, 0.2) is 47.8 Å². The molecule has 0 saturated heterocycles. The van der Waals surface area contributed by atoms with Gasteiger partial charge in [0, 0.05) is 23.6 Å². The number of benzene rings is 1. The highest BCUT2D eigenvalue weighted by atomic mass is 16.2. The Kier molecular flexibility index (Phi) is 4.98. The molecule has 0 saturated carbocycles. The molecule has 112 valence electrons. The molecule has 0 atom stereocenters. The van der Waals surface area contributed by atoms with Crippen molar-refractivity contribution in [3.8, 4) is 0 Å². The van der Waals surface area contributed by atoms with Crippen molar-refractivity contribution in [2.24, 2.45) is 5.10 Å². The molecule has 2 aromatic rings. The van der Waals surface area contributed by atoms with Crippen molar-refractivity contribution < 1.29 is 9.59 Å². The topological polar surface area (TPSA) is 83.5 Å². The summed E-state index contributed by atoms with van der Waals surface area (Å²) in [5.74, 6) is -1.61. The number of carbonyl (C=O) groups is 2. The number of pyridine rings is 1. The summed E-state index contributed by atoms with van der Waals surface area (Å²) in [5, 5.41) is 6.23. The second-order valence-electron chi connectivity index (χ2n) is 4.74. The second-order valence-corrected chi connectivity index (χ2v) is 4.74. The fraction of sp³-hybridized carbons (Fsp3) is 0.125. The molecule has 1 heterocycles. The Morgan fingerprint density at radius 1 is 1.14 bits per heavy atom. The first-order valence-electron chi connectivity index (χ1n) is 6.68. The van der Waals surface area contributed by atoms with Crippen molar-refractivity contribution in [2.75, 3.05) is 5.32 Å². The lowest BCUT2D eigenvalue weighted by Gasteiger charge is -2.06. The maximum Gasteiger partial charge on any atom is 0.329 e. The summed E-state index contributed by atoms with van der Waals surface area (Å²) in [6.07, 6.45) is 4.63. The van der Waals surface area contributed by atoms with Gasteiger partial charge in [0.25, 0.3) is 0 Å². The van der Waals surface area contributed by atoms with Crippen LogP contribution in [0.4, 0.5) is 5.69 Å². The van der Waals surface area contributed by atoms with Gasteiger partial charge in [-0.25, -0.2) is 5.43 Å². The highest BCUT2D eigenvalue weighted by molar-refractivity contribution is 6.39. The third-order valence-electron chi connectivity index (χ3n) is 3.04. The van der Waals surface area contributed by atoms with Gasteiger partial charge < -0.3 is 5.32 Å². The van der Waals surface area contributed by atoms with E-state index in [4.69, 9.17) is 0 Å². The van der Waals surface area contributed by atoms with E-state index in [0.717, 1.165) is 16.7 Å². The molecule has 0 unspecified atom stereocenters. The highest BCUT2D eigenvalue weighted by Gasteiger charge is 2.12. The first kappa shape index (κ1) is 15.4. The Bertz CT molecular complexity index is 711. The molecular formula is C16H16N4O2. The van der Waals surface area contributed by atoms with Crippen LogP contribution >= 0.6 is 0 Å². The van der Waals surface area contributed by atoms with E-state index in [1.807, 2.05) is 19.9 Å². The van der Waals surface area contributed by atoms with Crippen LogP contribution in [0.2, 0.25) is 0 Å². The van der Waals surface area contributed by atoms with Gasteiger partial charge in [-0.3, -0.25) is 14.6 Å². The third kappa shape index (κ3) is 4.24. The molecule has 2 amide bonds. The first-order valence-corrected chi connectivity index (χ1v) is 6.68. The van der Waals surface area contributed by atoms with Gasteiger partial charge in [0.05, 0.1) is 6.21 Å². The number of amides is 2. The minimum atomic E-state index is -0.835. The van der Waals surface area contributed by atoms with Gasteiger partial charge >= 0.3 is 11.8 Å². The molecule has 22 heavy (non-hydrogen) atoms. The van der Waals surface area contributed by atoms with Gasteiger partial charge in [0.1, 0.15) is 0 Å². The van der Waals surface area contributed by atoms with Gasteiger partial charge in [0.15, 0.2) is 0 Å². The van der Waals surface area contributed by atoms with Gasteiger partial charge in [-0.2, -0.15) is 5.10 Å². The van der Waals surface area contributed by atoms with Gasteiger partial charge in [-0.05, 0) is 43.2 Å². The SMILES string of the molecule is Cc1ccc(NC(=O)C(=O)N/N=C/c2cccnc2)cc1C. The maximum absolute atomic E-state index is 11.7. The lowest BCUT2D eigenvalue weighted by molar-refractivity contribution is -0.136. The third-order valence-corrected chi connectivity index (χ3v) is 3.04. The van der Waals surface area contributed by atoms with Crippen molar-refractivity contribution in [2.45, 2.75) is 13.8 Å². The molecule has 0 aliphatic carbocycles. The Morgan fingerprint density at radius 2 is 1.95 bits per heavy atom. The molecule has 2 rings (SSSR count). The summed E-state index contributed by atoms with van der Waals surface area (Å²) >= 11 is 0.